The maximum Gasteiger partial charge on any atom is 0.420 e. The Bertz CT molecular complexity index is 1800. The Kier molecular flexibility index (Phi) is 8.68. The number of rotatable bonds is 7. The maximum absolute atomic E-state index is 13.9. The van der Waals surface area contributed by atoms with E-state index in [4.69, 9.17) is 9.47 Å². The van der Waals surface area contributed by atoms with Crippen LogP contribution in [0.25, 0.3) is 21.9 Å². The van der Waals surface area contributed by atoms with Crippen molar-refractivity contribution in [3.63, 3.8) is 0 Å². The normalized spacial score (nSPS) is 13.9. The molecular formula is C35H31F3N4O3. The molecule has 1 aliphatic rings. The standard InChI is InChI=1S/C35H31F3N4O3/c1-23-9-13-26(14-10-23)45-33-30(35(36,37)38)7-4-8-32(33)41-34(43)40-31-16-15-27(28-5-2-3-6-29(28)31)24-11-12-25(39-21-24)22-42-17-19-44-20-18-42/h2-16,21H,17-20,22H2,1H3,(H2,40,41,43). The zero-order valence-electron chi connectivity index (χ0n) is 24.5. The van der Waals surface area contributed by atoms with Crippen molar-refractivity contribution in [2.45, 2.75) is 19.6 Å². The van der Waals surface area contributed by atoms with Gasteiger partial charge in [0.1, 0.15) is 11.3 Å². The molecule has 0 saturated carbocycles. The number of ether oxygens (including phenoxy) is 2. The third-order valence-corrected chi connectivity index (χ3v) is 7.61. The minimum atomic E-state index is -4.70. The third-order valence-electron chi connectivity index (χ3n) is 7.61. The van der Waals surface area contributed by atoms with Crippen molar-refractivity contribution in [3.8, 4) is 22.6 Å². The van der Waals surface area contributed by atoms with Crippen molar-refractivity contribution in [3.05, 3.63) is 114 Å². The number of carbonyl (C=O) groups is 1. The fourth-order valence-electron chi connectivity index (χ4n) is 5.29. The molecule has 0 spiro atoms. The lowest BCUT2D eigenvalue weighted by molar-refractivity contribution is -0.138. The molecule has 1 fully saturated rings. The lowest BCUT2D eigenvalue weighted by atomic mass is 9.98. The molecule has 2 heterocycles. The van der Waals surface area contributed by atoms with E-state index in [1.165, 1.54) is 12.1 Å². The van der Waals surface area contributed by atoms with E-state index in [1.807, 2.05) is 55.6 Å². The molecule has 45 heavy (non-hydrogen) atoms. The van der Waals surface area contributed by atoms with Crippen molar-refractivity contribution < 1.29 is 27.4 Å². The number of anilines is 2. The summed E-state index contributed by atoms with van der Waals surface area (Å²) in [6.07, 6.45) is -2.85. The average molecular weight is 613 g/mol. The van der Waals surface area contributed by atoms with Gasteiger partial charge in [0.2, 0.25) is 0 Å². The number of carbonyl (C=O) groups excluding carboxylic acids is 1. The number of hydrogen-bond acceptors (Lipinski definition) is 5. The molecule has 4 aromatic carbocycles. The van der Waals surface area contributed by atoms with Crippen LogP contribution in [0.15, 0.2) is 97.2 Å². The quantitative estimate of drug-likeness (QED) is 0.193. The van der Waals surface area contributed by atoms with Gasteiger partial charge in [0.05, 0.1) is 30.3 Å². The zero-order valence-corrected chi connectivity index (χ0v) is 24.5. The number of morpholine rings is 1. The highest BCUT2D eigenvalue weighted by Gasteiger charge is 2.36. The predicted octanol–water partition coefficient (Wildman–Crippen LogP) is 8.50. The molecule has 0 aliphatic carbocycles. The molecule has 0 radical (unpaired) electrons. The number of aryl methyl sites for hydroxylation is 1. The number of amides is 2. The van der Waals surface area contributed by atoms with Gasteiger partial charge in [-0.25, -0.2) is 4.79 Å². The van der Waals surface area contributed by atoms with Crippen LogP contribution in [-0.4, -0.2) is 42.2 Å². The van der Waals surface area contributed by atoms with Crippen molar-refractivity contribution in [1.29, 1.82) is 0 Å². The largest absolute Gasteiger partial charge is 0.455 e. The molecule has 2 N–H and O–H groups in total. The highest BCUT2D eigenvalue weighted by atomic mass is 19.4. The summed E-state index contributed by atoms with van der Waals surface area (Å²) in [6, 6.07) is 24.7. The highest BCUT2D eigenvalue weighted by Crippen LogP contribution is 2.43. The summed E-state index contributed by atoms with van der Waals surface area (Å²) in [6.45, 7) is 5.83. The van der Waals surface area contributed by atoms with Gasteiger partial charge in [-0.1, -0.05) is 60.2 Å². The van der Waals surface area contributed by atoms with Gasteiger partial charge in [0.25, 0.3) is 0 Å². The summed E-state index contributed by atoms with van der Waals surface area (Å²) >= 11 is 0. The number of nitrogens with one attached hydrogen (secondary N) is 2. The Morgan fingerprint density at radius 3 is 2.31 bits per heavy atom. The van der Waals surface area contributed by atoms with Gasteiger partial charge in [-0.05, 0) is 54.3 Å². The SMILES string of the molecule is Cc1ccc(Oc2c(NC(=O)Nc3ccc(-c4ccc(CN5CCOCC5)nc4)c4ccccc34)cccc2C(F)(F)F)cc1. The van der Waals surface area contributed by atoms with Gasteiger partial charge >= 0.3 is 12.2 Å². The fourth-order valence-corrected chi connectivity index (χ4v) is 5.29. The number of nitrogens with zero attached hydrogens (tertiary/aromatic N) is 2. The fraction of sp³-hybridized carbons (Fsp3) is 0.200. The Balaban J connectivity index is 1.24. The van der Waals surface area contributed by atoms with Crippen LogP contribution < -0.4 is 15.4 Å². The third kappa shape index (κ3) is 7.08. The van der Waals surface area contributed by atoms with Crippen LogP contribution in [0, 0.1) is 6.92 Å². The minimum Gasteiger partial charge on any atom is -0.455 e. The zero-order chi connectivity index (χ0) is 31.4. The Morgan fingerprint density at radius 2 is 1.60 bits per heavy atom. The molecule has 2 amide bonds. The second-order valence-electron chi connectivity index (χ2n) is 10.8. The molecule has 5 aromatic rings. The van der Waals surface area contributed by atoms with E-state index in [0.717, 1.165) is 72.1 Å². The Hall–Kier alpha value is -4.93. The van der Waals surface area contributed by atoms with Gasteiger partial charge in [-0.3, -0.25) is 9.88 Å². The smallest absolute Gasteiger partial charge is 0.420 e. The van der Waals surface area contributed by atoms with E-state index >= 15 is 0 Å². The molecule has 0 bridgehead atoms. The summed E-state index contributed by atoms with van der Waals surface area (Å²) in [5.41, 5.74) is 3.15. The molecule has 0 unspecified atom stereocenters. The number of aromatic nitrogens is 1. The van der Waals surface area contributed by atoms with E-state index in [9.17, 15) is 18.0 Å². The van der Waals surface area contributed by atoms with E-state index < -0.39 is 23.5 Å². The topological polar surface area (TPSA) is 75.7 Å². The van der Waals surface area contributed by atoms with Gasteiger partial charge in [-0.15, -0.1) is 0 Å². The number of halogens is 3. The van der Waals surface area contributed by atoms with Crippen LogP contribution in [0.3, 0.4) is 0 Å². The number of fused-ring (bicyclic) bond motifs is 1. The van der Waals surface area contributed by atoms with Gasteiger partial charge in [-0.2, -0.15) is 13.2 Å². The van der Waals surface area contributed by atoms with Crippen LogP contribution in [0.2, 0.25) is 0 Å². The van der Waals surface area contributed by atoms with E-state index in [0.29, 0.717) is 5.69 Å². The number of pyridine rings is 1. The monoisotopic (exact) mass is 612 g/mol. The number of alkyl halides is 3. The molecule has 7 nitrogen and oxygen atoms in total. The molecule has 1 aliphatic heterocycles. The first kappa shape index (κ1) is 30.1. The highest BCUT2D eigenvalue weighted by molar-refractivity contribution is 6.10. The number of urea groups is 1. The summed E-state index contributed by atoms with van der Waals surface area (Å²) < 4.78 is 52.9. The molecule has 1 aromatic heterocycles. The molecule has 230 valence electrons. The molecule has 10 heteroatoms. The molecule has 0 atom stereocenters. The summed E-state index contributed by atoms with van der Waals surface area (Å²) in [5.74, 6) is -0.278. The van der Waals surface area contributed by atoms with Gasteiger partial charge < -0.3 is 20.1 Å². The number of benzene rings is 4. The van der Waals surface area contributed by atoms with Crippen LogP contribution >= 0.6 is 0 Å². The van der Waals surface area contributed by atoms with Crippen LogP contribution in [0.1, 0.15) is 16.8 Å². The number of para-hydroxylation sites is 1. The van der Waals surface area contributed by atoms with Crippen molar-refractivity contribution in [2.24, 2.45) is 0 Å². The maximum atomic E-state index is 13.9. The van der Waals surface area contributed by atoms with Gasteiger partial charge in [0, 0.05) is 36.8 Å². The van der Waals surface area contributed by atoms with Crippen molar-refractivity contribution >= 4 is 28.2 Å². The van der Waals surface area contributed by atoms with E-state index in [1.54, 1.807) is 30.3 Å². The van der Waals surface area contributed by atoms with E-state index in [-0.39, 0.29) is 11.4 Å². The van der Waals surface area contributed by atoms with Crippen LogP contribution in [0.4, 0.5) is 29.3 Å². The minimum absolute atomic E-state index is 0.118. The predicted molar refractivity (Wildman–Crippen MR) is 169 cm³/mol. The lowest BCUT2D eigenvalue weighted by Crippen LogP contribution is -2.35. The molecule has 6 rings (SSSR count). The first-order chi connectivity index (χ1) is 21.7. The average Bonchev–Trinajstić information content (AvgIpc) is 3.03. The summed E-state index contributed by atoms with van der Waals surface area (Å²) in [4.78, 5) is 20.2. The van der Waals surface area contributed by atoms with Crippen LogP contribution in [0.5, 0.6) is 11.5 Å². The van der Waals surface area contributed by atoms with E-state index in [2.05, 4.69) is 20.5 Å². The second-order valence-corrected chi connectivity index (χ2v) is 10.8. The first-order valence-corrected chi connectivity index (χ1v) is 14.5. The Labute approximate surface area is 258 Å². The Morgan fingerprint density at radius 1 is 0.867 bits per heavy atom. The number of hydrogen-bond donors (Lipinski definition) is 2. The lowest BCUT2D eigenvalue weighted by Gasteiger charge is -2.26. The molecule has 1 saturated heterocycles. The second kappa shape index (κ2) is 13.0. The van der Waals surface area contributed by atoms with Crippen molar-refractivity contribution in [2.75, 3.05) is 36.9 Å². The first-order valence-electron chi connectivity index (χ1n) is 14.5. The summed E-state index contributed by atoms with van der Waals surface area (Å²) in [5, 5.41) is 7.02. The summed E-state index contributed by atoms with van der Waals surface area (Å²) in [7, 11) is 0. The van der Waals surface area contributed by atoms with Crippen LogP contribution in [-0.2, 0) is 17.5 Å². The van der Waals surface area contributed by atoms with Gasteiger partial charge in [0.15, 0.2) is 5.75 Å². The molecular weight excluding hydrogens is 581 g/mol. The van der Waals surface area contributed by atoms with Crippen molar-refractivity contribution in [1.82, 2.24) is 9.88 Å².